The standard InChI is InChI=1S/C11H16N4O3/c12-10-5-8(1-2-11(10)15(16)17)14-6-9-7-18-4-3-13-9/h1-2,5,9,13-14H,3-4,6-7,12H2. The first kappa shape index (κ1) is 12.6. The minimum atomic E-state index is -0.490. The summed E-state index contributed by atoms with van der Waals surface area (Å²) in [5.74, 6) is 0. The number of benzene rings is 1. The number of hydrogen-bond donors (Lipinski definition) is 3. The van der Waals surface area contributed by atoms with Gasteiger partial charge in [-0.15, -0.1) is 0 Å². The minimum absolute atomic E-state index is 0.0697. The Balaban J connectivity index is 1.93. The molecular formula is C11H16N4O3. The van der Waals surface area contributed by atoms with E-state index in [1.807, 2.05) is 0 Å². The number of ether oxygens (including phenoxy) is 1. The lowest BCUT2D eigenvalue weighted by atomic mass is 10.2. The zero-order valence-corrected chi connectivity index (χ0v) is 9.89. The molecule has 1 fully saturated rings. The van der Waals surface area contributed by atoms with Crippen LogP contribution in [0.3, 0.4) is 0 Å². The Bertz CT molecular complexity index is 432. The van der Waals surface area contributed by atoms with Crippen molar-refractivity contribution in [2.75, 3.05) is 37.4 Å². The van der Waals surface area contributed by atoms with Gasteiger partial charge in [-0.3, -0.25) is 10.1 Å². The third-order valence-electron chi connectivity index (χ3n) is 2.78. The van der Waals surface area contributed by atoms with Crippen molar-refractivity contribution in [3.63, 3.8) is 0 Å². The largest absolute Gasteiger partial charge is 0.393 e. The maximum absolute atomic E-state index is 10.6. The first-order valence-corrected chi connectivity index (χ1v) is 5.76. The Morgan fingerprint density at radius 2 is 2.44 bits per heavy atom. The molecule has 98 valence electrons. The van der Waals surface area contributed by atoms with Crippen LogP contribution in [0.25, 0.3) is 0 Å². The van der Waals surface area contributed by atoms with Crippen LogP contribution in [0.15, 0.2) is 18.2 Å². The SMILES string of the molecule is Nc1cc(NCC2COCCN2)ccc1[N+](=O)[O-]. The Hall–Kier alpha value is -1.86. The summed E-state index contributed by atoms with van der Waals surface area (Å²) in [5, 5.41) is 17.1. The number of nitrogens with one attached hydrogen (secondary N) is 2. The molecule has 4 N–H and O–H groups in total. The second kappa shape index (κ2) is 5.65. The molecule has 1 aliphatic rings. The van der Waals surface area contributed by atoms with Crippen molar-refractivity contribution in [3.8, 4) is 0 Å². The molecule has 1 heterocycles. The van der Waals surface area contributed by atoms with Crippen molar-refractivity contribution >= 4 is 17.1 Å². The molecule has 0 saturated carbocycles. The Kier molecular flexibility index (Phi) is 3.96. The van der Waals surface area contributed by atoms with Crippen molar-refractivity contribution in [3.05, 3.63) is 28.3 Å². The molecular weight excluding hydrogens is 236 g/mol. The number of nitrogens with two attached hydrogens (primary N) is 1. The molecule has 0 aliphatic carbocycles. The maximum atomic E-state index is 10.6. The number of nitro benzene ring substituents is 1. The monoisotopic (exact) mass is 252 g/mol. The highest BCUT2D eigenvalue weighted by atomic mass is 16.6. The van der Waals surface area contributed by atoms with E-state index >= 15 is 0 Å². The van der Waals surface area contributed by atoms with Crippen molar-refractivity contribution < 1.29 is 9.66 Å². The summed E-state index contributed by atoms with van der Waals surface area (Å²) < 4.78 is 5.33. The molecule has 1 aromatic carbocycles. The van der Waals surface area contributed by atoms with Crippen molar-refractivity contribution in [2.45, 2.75) is 6.04 Å². The van der Waals surface area contributed by atoms with Gasteiger partial charge in [-0.05, 0) is 12.1 Å². The second-order valence-electron chi connectivity index (χ2n) is 4.14. The van der Waals surface area contributed by atoms with Gasteiger partial charge in [-0.2, -0.15) is 0 Å². The molecule has 0 bridgehead atoms. The predicted octanol–water partition coefficient (Wildman–Crippen LogP) is 0.577. The number of nitrogen functional groups attached to an aromatic ring is 1. The number of rotatable bonds is 4. The van der Waals surface area contributed by atoms with E-state index in [0.717, 1.165) is 18.8 Å². The van der Waals surface area contributed by atoms with E-state index in [4.69, 9.17) is 10.5 Å². The third kappa shape index (κ3) is 3.08. The Labute approximate surface area is 104 Å². The van der Waals surface area contributed by atoms with E-state index in [1.165, 1.54) is 6.07 Å². The highest BCUT2D eigenvalue weighted by molar-refractivity contribution is 5.65. The van der Waals surface area contributed by atoms with Gasteiger partial charge in [0.2, 0.25) is 0 Å². The number of morpholine rings is 1. The molecule has 7 nitrogen and oxygen atoms in total. The lowest BCUT2D eigenvalue weighted by Crippen LogP contribution is -2.45. The lowest BCUT2D eigenvalue weighted by molar-refractivity contribution is -0.383. The van der Waals surface area contributed by atoms with Gasteiger partial charge in [-0.1, -0.05) is 0 Å². The van der Waals surface area contributed by atoms with Gasteiger partial charge in [0.1, 0.15) is 5.69 Å². The number of hydrogen-bond acceptors (Lipinski definition) is 6. The number of anilines is 2. The molecule has 2 rings (SSSR count). The molecule has 1 aliphatic heterocycles. The van der Waals surface area contributed by atoms with Gasteiger partial charge in [-0.25, -0.2) is 0 Å². The van der Waals surface area contributed by atoms with Gasteiger partial charge in [0.05, 0.1) is 18.1 Å². The fraction of sp³-hybridized carbons (Fsp3) is 0.455. The van der Waals surface area contributed by atoms with E-state index in [-0.39, 0.29) is 17.4 Å². The van der Waals surface area contributed by atoms with Gasteiger partial charge in [0.15, 0.2) is 0 Å². The molecule has 7 heteroatoms. The molecule has 0 radical (unpaired) electrons. The van der Waals surface area contributed by atoms with Crippen LogP contribution in [0.1, 0.15) is 0 Å². The van der Waals surface area contributed by atoms with E-state index in [0.29, 0.717) is 13.2 Å². The van der Waals surface area contributed by atoms with Crippen LogP contribution in [0, 0.1) is 10.1 Å². The van der Waals surface area contributed by atoms with Crippen molar-refractivity contribution in [1.82, 2.24) is 5.32 Å². The summed E-state index contributed by atoms with van der Waals surface area (Å²) in [4.78, 5) is 10.1. The molecule has 1 aromatic rings. The van der Waals surface area contributed by atoms with Crippen LogP contribution >= 0.6 is 0 Å². The van der Waals surface area contributed by atoms with Crippen LogP contribution in [0.2, 0.25) is 0 Å². The minimum Gasteiger partial charge on any atom is -0.393 e. The summed E-state index contributed by atoms with van der Waals surface area (Å²) in [6, 6.07) is 4.87. The van der Waals surface area contributed by atoms with E-state index in [2.05, 4.69) is 10.6 Å². The van der Waals surface area contributed by atoms with Crippen molar-refractivity contribution in [1.29, 1.82) is 0 Å². The average molecular weight is 252 g/mol. The highest BCUT2D eigenvalue weighted by Crippen LogP contribution is 2.24. The molecule has 1 saturated heterocycles. The smallest absolute Gasteiger partial charge is 0.292 e. The molecule has 0 aromatic heterocycles. The summed E-state index contributed by atoms with van der Waals surface area (Å²) >= 11 is 0. The number of nitrogens with zero attached hydrogens (tertiary/aromatic N) is 1. The van der Waals surface area contributed by atoms with E-state index in [9.17, 15) is 10.1 Å². The summed E-state index contributed by atoms with van der Waals surface area (Å²) in [6.07, 6.45) is 0. The van der Waals surface area contributed by atoms with E-state index in [1.54, 1.807) is 12.1 Å². The van der Waals surface area contributed by atoms with Gasteiger partial charge < -0.3 is 21.1 Å². The van der Waals surface area contributed by atoms with Gasteiger partial charge in [0.25, 0.3) is 5.69 Å². The molecule has 0 amide bonds. The molecule has 1 unspecified atom stereocenters. The van der Waals surface area contributed by atoms with Crippen LogP contribution in [0.5, 0.6) is 0 Å². The Morgan fingerprint density at radius 1 is 1.61 bits per heavy atom. The summed E-state index contributed by atoms with van der Waals surface area (Å²) in [7, 11) is 0. The first-order chi connectivity index (χ1) is 8.66. The zero-order valence-electron chi connectivity index (χ0n) is 9.89. The highest BCUT2D eigenvalue weighted by Gasteiger charge is 2.14. The first-order valence-electron chi connectivity index (χ1n) is 5.76. The van der Waals surface area contributed by atoms with Crippen LogP contribution < -0.4 is 16.4 Å². The fourth-order valence-electron chi connectivity index (χ4n) is 1.82. The van der Waals surface area contributed by atoms with Crippen LogP contribution in [-0.4, -0.2) is 37.3 Å². The quantitative estimate of drug-likeness (QED) is 0.411. The molecule has 1 atom stereocenters. The molecule has 18 heavy (non-hydrogen) atoms. The van der Waals surface area contributed by atoms with Crippen molar-refractivity contribution in [2.24, 2.45) is 0 Å². The van der Waals surface area contributed by atoms with Crippen LogP contribution in [-0.2, 0) is 4.74 Å². The topological polar surface area (TPSA) is 102 Å². The van der Waals surface area contributed by atoms with Gasteiger partial charge in [0, 0.05) is 30.9 Å². The fourth-order valence-corrected chi connectivity index (χ4v) is 1.82. The summed E-state index contributed by atoms with van der Waals surface area (Å²) in [5.41, 5.74) is 6.47. The maximum Gasteiger partial charge on any atom is 0.292 e. The third-order valence-corrected chi connectivity index (χ3v) is 2.78. The number of nitro groups is 1. The summed E-state index contributed by atoms with van der Waals surface area (Å²) in [6.45, 7) is 2.93. The average Bonchev–Trinajstić information content (AvgIpc) is 2.37. The second-order valence-corrected chi connectivity index (χ2v) is 4.14. The molecule has 0 spiro atoms. The van der Waals surface area contributed by atoms with E-state index < -0.39 is 4.92 Å². The Morgan fingerprint density at radius 3 is 3.06 bits per heavy atom. The normalized spacial score (nSPS) is 19.4. The lowest BCUT2D eigenvalue weighted by Gasteiger charge is -2.24. The van der Waals surface area contributed by atoms with Crippen LogP contribution in [0.4, 0.5) is 17.1 Å². The zero-order chi connectivity index (χ0) is 13.0. The van der Waals surface area contributed by atoms with Gasteiger partial charge >= 0.3 is 0 Å². The predicted molar refractivity (Wildman–Crippen MR) is 68.6 cm³/mol.